The lowest BCUT2D eigenvalue weighted by Gasteiger charge is -2.45. The molecule has 2 aromatic carbocycles. The van der Waals surface area contributed by atoms with Crippen molar-refractivity contribution in [3.05, 3.63) is 94.3 Å². The molecule has 8 rings (SSSR count). The zero-order valence-electron chi connectivity index (χ0n) is 34.4. The van der Waals surface area contributed by atoms with E-state index in [2.05, 4.69) is 39.1 Å². The van der Waals surface area contributed by atoms with Crippen molar-refractivity contribution >= 4 is 27.4 Å². The maximum atomic E-state index is 15.1. The molecule has 13 heteroatoms. The Hall–Kier alpha value is -4.01. The Balaban J connectivity index is 1.16. The standard InChI is InChI=1S/C45H58N4O8S/c1-29-11-15-38-32(18-29)9-7-17-44(38)24-49-21-34-12-14-37(34)40(50)10-6-8-30(2)31(3)58(53,46-42(51)33-13-16-41(56-26-44)39(49)20-33)47-43(52)35-19-36-23-57-45(27-54-4,28-55-5)25-48(36)22-35/h6,10-11,13,15-16,18-20,22,30-31,34,37,40,50H,7-9,12,14,17,21,23-28H2,1-5H3,(H,46,47,51,52,53)/b10-6+/t30-,31+,34-,37+,40-,44-,58?/m0/s1. The van der Waals surface area contributed by atoms with Gasteiger partial charge in [-0.2, -0.15) is 0 Å². The third kappa shape index (κ3) is 7.76. The molecule has 2 aliphatic carbocycles. The normalized spacial score (nSPS) is 31.0. The minimum Gasteiger partial charge on any atom is -0.490 e. The minimum absolute atomic E-state index is 0.0953. The molecular formula is C45H58N4O8S. The van der Waals surface area contributed by atoms with Gasteiger partial charge < -0.3 is 33.5 Å². The first kappa shape index (κ1) is 40.8. The number of nitrogens with zero attached hydrogens (tertiary/aromatic N) is 3. The molecule has 1 unspecified atom stereocenters. The molecular weight excluding hydrogens is 757 g/mol. The SMILES string of the molecule is COCC1(COC)Cn2cc(C(=O)NS3(=O)=NC(=O)c4ccc5c(c4)N(C[C@@H]4CC[C@H]4[C@@H](O)/C=C/C[C@H](C)[C@H]3C)C[C@@]3(CCCc4cc(C)ccc43)CO5)cc2CO1. The van der Waals surface area contributed by atoms with E-state index in [1.165, 1.54) is 16.7 Å². The predicted octanol–water partition coefficient (Wildman–Crippen LogP) is 6.16. The minimum atomic E-state index is -3.70. The van der Waals surface area contributed by atoms with Crippen LogP contribution in [0.1, 0.15) is 89.1 Å². The van der Waals surface area contributed by atoms with Gasteiger partial charge in [-0.25, -0.2) is 4.21 Å². The summed E-state index contributed by atoms with van der Waals surface area (Å²) in [4.78, 5) is 30.7. The molecule has 58 heavy (non-hydrogen) atoms. The third-order valence-corrected chi connectivity index (χ3v) is 15.9. The molecule has 0 radical (unpaired) electrons. The Kier molecular flexibility index (Phi) is 11.4. The van der Waals surface area contributed by atoms with Crippen LogP contribution in [0.15, 0.2) is 65.2 Å². The number of nitrogens with one attached hydrogen (secondary N) is 1. The second kappa shape index (κ2) is 16.2. The van der Waals surface area contributed by atoms with Crippen LogP contribution in [-0.2, 0) is 49.1 Å². The Labute approximate surface area is 342 Å². The fourth-order valence-corrected chi connectivity index (χ4v) is 11.8. The molecule has 1 spiro atoms. The van der Waals surface area contributed by atoms with E-state index in [-0.39, 0.29) is 40.9 Å². The molecule has 2 N–H and O–H groups in total. The van der Waals surface area contributed by atoms with Crippen molar-refractivity contribution < 1.29 is 37.9 Å². The summed E-state index contributed by atoms with van der Waals surface area (Å²) >= 11 is 0. The highest BCUT2D eigenvalue weighted by Gasteiger charge is 2.44. The largest absolute Gasteiger partial charge is 0.490 e. The van der Waals surface area contributed by atoms with Crippen LogP contribution in [0.25, 0.3) is 0 Å². The number of hydrogen-bond donors (Lipinski definition) is 2. The summed E-state index contributed by atoms with van der Waals surface area (Å²) in [5.74, 6) is -0.489. The van der Waals surface area contributed by atoms with Crippen LogP contribution in [0.2, 0.25) is 0 Å². The van der Waals surface area contributed by atoms with Crippen LogP contribution < -0.4 is 14.4 Å². The average molecular weight is 815 g/mol. The van der Waals surface area contributed by atoms with Gasteiger partial charge in [-0.1, -0.05) is 42.8 Å². The van der Waals surface area contributed by atoms with Gasteiger partial charge in [-0.3, -0.25) is 14.3 Å². The van der Waals surface area contributed by atoms with E-state index in [0.717, 1.165) is 43.5 Å². The number of anilines is 1. The van der Waals surface area contributed by atoms with Crippen molar-refractivity contribution in [2.24, 2.45) is 22.1 Å². The smallest absolute Gasteiger partial charge is 0.286 e. The number of rotatable bonds is 6. The van der Waals surface area contributed by atoms with Gasteiger partial charge in [0.25, 0.3) is 11.8 Å². The zero-order chi connectivity index (χ0) is 40.8. The van der Waals surface area contributed by atoms with Gasteiger partial charge in [-0.15, -0.1) is 4.36 Å². The second-order valence-corrected chi connectivity index (χ2v) is 19.8. The summed E-state index contributed by atoms with van der Waals surface area (Å²) in [7, 11) is -0.493. The Bertz CT molecular complexity index is 2200. The van der Waals surface area contributed by atoms with Crippen LogP contribution in [0, 0.1) is 24.7 Å². The summed E-state index contributed by atoms with van der Waals surface area (Å²) in [6.45, 7) is 8.98. The molecule has 7 atom stereocenters. The van der Waals surface area contributed by atoms with E-state index in [9.17, 15) is 14.7 Å². The highest BCUT2D eigenvalue weighted by atomic mass is 32.2. The van der Waals surface area contributed by atoms with Crippen molar-refractivity contribution in [2.75, 3.05) is 52.0 Å². The van der Waals surface area contributed by atoms with Crippen LogP contribution in [0.5, 0.6) is 5.75 Å². The van der Waals surface area contributed by atoms with Crippen molar-refractivity contribution in [1.82, 2.24) is 9.29 Å². The topological polar surface area (TPSA) is 141 Å². The van der Waals surface area contributed by atoms with Crippen LogP contribution >= 0.6 is 0 Å². The molecule has 3 aromatic rings. The molecule has 12 nitrogen and oxygen atoms in total. The van der Waals surface area contributed by atoms with Gasteiger partial charge in [0.1, 0.15) is 21.3 Å². The maximum Gasteiger partial charge on any atom is 0.286 e. The van der Waals surface area contributed by atoms with Crippen molar-refractivity contribution in [1.29, 1.82) is 0 Å². The number of benzene rings is 2. The number of carbonyl (C=O) groups is 2. The number of aliphatic hydroxyl groups excluding tert-OH is 1. The fourth-order valence-electron chi connectivity index (χ4n) is 9.88. The quantitative estimate of drug-likeness (QED) is 0.280. The lowest BCUT2D eigenvalue weighted by atomic mass is 9.68. The lowest BCUT2D eigenvalue weighted by Crippen LogP contribution is -2.49. The average Bonchev–Trinajstić information content (AvgIpc) is 3.54. The number of aliphatic hydroxyl groups is 1. The number of aryl methyl sites for hydroxylation is 2. The fraction of sp³-hybridized carbons (Fsp3) is 0.556. The number of methoxy groups -OCH3 is 2. The van der Waals surface area contributed by atoms with E-state index < -0.39 is 38.7 Å². The summed E-state index contributed by atoms with van der Waals surface area (Å²) < 4.78 is 48.0. The van der Waals surface area contributed by atoms with E-state index in [4.69, 9.17) is 18.9 Å². The van der Waals surface area contributed by atoms with Gasteiger partial charge in [-0.05, 0) is 106 Å². The molecule has 312 valence electrons. The number of carbonyl (C=O) groups excluding carboxylic acids is 2. The number of fused-ring (bicyclic) bond motifs is 5. The monoisotopic (exact) mass is 814 g/mol. The Morgan fingerprint density at radius 1 is 1.09 bits per heavy atom. The molecule has 2 bridgehead atoms. The Morgan fingerprint density at radius 2 is 1.90 bits per heavy atom. The van der Waals surface area contributed by atoms with Crippen LogP contribution in [-0.4, -0.2) is 89.8 Å². The van der Waals surface area contributed by atoms with Gasteiger partial charge in [0, 0.05) is 50.2 Å². The molecule has 1 aromatic heterocycles. The third-order valence-electron chi connectivity index (χ3n) is 13.5. The summed E-state index contributed by atoms with van der Waals surface area (Å²) in [6.07, 6.45) is 10.4. The first-order valence-corrected chi connectivity index (χ1v) is 22.3. The number of ether oxygens (including phenoxy) is 4. The predicted molar refractivity (Wildman–Crippen MR) is 223 cm³/mol. The molecule has 4 heterocycles. The molecule has 1 saturated carbocycles. The van der Waals surface area contributed by atoms with Crippen LogP contribution in [0.3, 0.4) is 0 Å². The summed E-state index contributed by atoms with van der Waals surface area (Å²) in [5, 5.41) is 10.8. The first-order chi connectivity index (χ1) is 27.8. The molecule has 3 aliphatic heterocycles. The van der Waals surface area contributed by atoms with Gasteiger partial charge in [0.2, 0.25) is 0 Å². The van der Waals surface area contributed by atoms with Gasteiger partial charge in [0.15, 0.2) is 0 Å². The number of aromatic nitrogens is 1. The van der Waals surface area contributed by atoms with Crippen LogP contribution in [0.4, 0.5) is 5.69 Å². The summed E-state index contributed by atoms with van der Waals surface area (Å²) in [6, 6.07) is 13.8. The lowest BCUT2D eigenvalue weighted by molar-refractivity contribution is -0.153. The van der Waals surface area contributed by atoms with E-state index in [1.54, 1.807) is 39.5 Å². The zero-order valence-corrected chi connectivity index (χ0v) is 35.2. The van der Waals surface area contributed by atoms with E-state index in [0.29, 0.717) is 51.6 Å². The highest BCUT2D eigenvalue weighted by Crippen LogP contribution is 2.47. The number of allylic oxidation sites excluding steroid dienone is 1. The molecule has 0 saturated heterocycles. The highest BCUT2D eigenvalue weighted by molar-refractivity contribution is 7.93. The van der Waals surface area contributed by atoms with Crippen molar-refractivity contribution in [2.45, 2.75) is 94.8 Å². The number of hydrogen-bond acceptors (Lipinski definition) is 9. The molecule has 2 amide bonds. The van der Waals surface area contributed by atoms with E-state index >= 15 is 4.21 Å². The van der Waals surface area contributed by atoms with Crippen molar-refractivity contribution in [3.63, 3.8) is 0 Å². The van der Waals surface area contributed by atoms with Crippen molar-refractivity contribution in [3.8, 4) is 5.75 Å². The second-order valence-electron chi connectivity index (χ2n) is 17.6. The van der Waals surface area contributed by atoms with Gasteiger partial charge >= 0.3 is 0 Å². The maximum absolute atomic E-state index is 15.1. The first-order valence-electron chi connectivity index (χ1n) is 20.7. The van der Waals surface area contributed by atoms with E-state index in [1.807, 2.05) is 35.8 Å². The van der Waals surface area contributed by atoms with Gasteiger partial charge in [0.05, 0.1) is 55.6 Å². The summed E-state index contributed by atoms with van der Waals surface area (Å²) in [5.41, 5.74) is 5.08. The molecule has 1 fully saturated rings. The molecule has 5 aliphatic rings. The Morgan fingerprint density at radius 3 is 2.66 bits per heavy atom. The number of amides is 2.